The molecule has 2 heterocycles. The summed E-state index contributed by atoms with van der Waals surface area (Å²) in [5.74, 6) is 0.728. The lowest BCUT2D eigenvalue weighted by molar-refractivity contribution is 0.0966. The highest BCUT2D eigenvalue weighted by Crippen LogP contribution is 2.22. The Bertz CT molecular complexity index is 568. The van der Waals surface area contributed by atoms with Crippen LogP contribution in [-0.4, -0.2) is 23.9 Å². The highest BCUT2D eigenvalue weighted by atomic mass is 16.1. The number of rotatable bonds is 3. The lowest BCUT2D eigenvalue weighted by Crippen LogP contribution is -2.13. The van der Waals surface area contributed by atoms with Gasteiger partial charge < -0.3 is 5.32 Å². The number of carbonyl (C=O) groups excluding carboxylic acids is 1. The molecule has 1 unspecified atom stereocenters. The first-order chi connectivity index (χ1) is 8.84. The van der Waals surface area contributed by atoms with Gasteiger partial charge in [-0.2, -0.15) is 0 Å². The number of hydrogen-bond donors (Lipinski definition) is 1. The van der Waals surface area contributed by atoms with E-state index in [9.17, 15) is 4.79 Å². The molecule has 0 saturated carbocycles. The molecule has 0 radical (unpaired) electrons. The van der Waals surface area contributed by atoms with Crippen molar-refractivity contribution in [3.05, 3.63) is 42.2 Å². The highest BCUT2D eigenvalue weighted by Gasteiger charge is 2.19. The van der Waals surface area contributed by atoms with Crippen LogP contribution in [0.4, 0.5) is 0 Å². The van der Waals surface area contributed by atoms with E-state index in [0.717, 1.165) is 35.8 Å². The molecule has 1 aromatic carbocycles. The van der Waals surface area contributed by atoms with Gasteiger partial charge >= 0.3 is 0 Å². The van der Waals surface area contributed by atoms with Crippen molar-refractivity contribution in [3.8, 4) is 0 Å². The highest BCUT2D eigenvalue weighted by molar-refractivity contribution is 6.07. The van der Waals surface area contributed by atoms with Crippen LogP contribution in [0.3, 0.4) is 0 Å². The molecule has 0 amide bonds. The number of benzene rings is 1. The molecular weight excluding hydrogens is 224 g/mol. The summed E-state index contributed by atoms with van der Waals surface area (Å²) in [5, 5.41) is 5.35. The van der Waals surface area contributed by atoms with Crippen LogP contribution in [0.2, 0.25) is 0 Å². The second kappa shape index (κ2) is 4.86. The molecule has 3 nitrogen and oxygen atoms in total. The molecule has 0 spiro atoms. The Balaban J connectivity index is 1.91. The van der Waals surface area contributed by atoms with E-state index in [4.69, 9.17) is 0 Å². The third-order valence-electron chi connectivity index (χ3n) is 3.62. The second-order valence-corrected chi connectivity index (χ2v) is 4.89. The van der Waals surface area contributed by atoms with Gasteiger partial charge in [-0.25, -0.2) is 0 Å². The van der Waals surface area contributed by atoms with Crippen molar-refractivity contribution < 1.29 is 4.79 Å². The predicted octanol–water partition coefficient (Wildman–Crippen LogP) is 2.42. The van der Waals surface area contributed by atoms with Gasteiger partial charge in [0.15, 0.2) is 5.78 Å². The number of fused-ring (bicyclic) bond motifs is 1. The number of Topliss-reactive ketones (excluding diaryl/α,β-unsaturated/α-hetero) is 1. The van der Waals surface area contributed by atoms with Gasteiger partial charge in [0.2, 0.25) is 0 Å². The summed E-state index contributed by atoms with van der Waals surface area (Å²) >= 11 is 0. The third kappa shape index (κ3) is 2.14. The summed E-state index contributed by atoms with van der Waals surface area (Å²) in [6.45, 7) is 2.00. The molecule has 1 saturated heterocycles. The Labute approximate surface area is 106 Å². The Morgan fingerprint density at radius 3 is 3.17 bits per heavy atom. The fourth-order valence-electron chi connectivity index (χ4n) is 2.62. The first-order valence-corrected chi connectivity index (χ1v) is 6.41. The molecular formula is C15H16N2O. The summed E-state index contributed by atoms with van der Waals surface area (Å²) in [7, 11) is 0. The van der Waals surface area contributed by atoms with Crippen molar-refractivity contribution in [3.63, 3.8) is 0 Å². The molecule has 3 heteroatoms. The van der Waals surface area contributed by atoms with E-state index in [0.29, 0.717) is 12.3 Å². The molecule has 2 aromatic rings. The van der Waals surface area contributed by atoms with Gasteiger partial charge in [0.25, 0.3) is 0 Å². The summed E-state index contributed by atoms with van der Waals surface area (Å²) in [6.07, 6.45) is 5.29. The van der Waals surface area contributed by atoms with Crippen LogP contribution < -0.4 is 5.32 Å². The van der Waals surface area contributed by atoms with E-state index < -0.39 is 0 Å². The zero-order valence-corrected chi connectivity index (χ0v) is 10.2. The van der Waals surface area contributed by atoms with E-state index in [2.05, 4.69) is 10.3 Å². The normalized spacial score (nSPS) is 19.2. The smallest absolute Gasteiger partial charge is 0.163 e. The van der Waals surface area contributed by atoms with Gasteiger partial charge in [-0.05, 0) is 36.9 Å². The van der Waals surface area contributed by atoms with Gasteiger partial charge in [-0.3, -0.25) is 9.78 Å². The fourth-order valence-corrected chi connectivity index (χ4v) is 2.62. The molecule has 3 rings (SSSR count). The summed E-state index contributed by atoms with van der Waals surface area (Å²) in [5.41, 5.74) is 0.813. The fraction of sp³-hybridized carbons (Fsp3) is 0.333. The number of aromatic nitrogens is 1. The first kappa shape index (κ1) is 11.4. The molecule has 18 heavy (non-hydrogen) atoms. The Morgan fingerprint density at radius 1 is 1.39 bits per heavy atom. The van der Waals surface area contributed by atoms with E-state index in [1.165, 1.54) is 0 Å². The maximum atomic E-state index is 12.4. The average Bonchev–Trinajstić information content (AvgIpc) is 2.91. The Hall–Kier alpha value is -1.74. The number of carbonyl (C=O) groups is 1. The van der Waals surface area contributed by atoms with Crippen molar-refractivity contribution in [1.29, 1.82) is 0 Å². The maximum absolute atomic E-state index is 12.4. The topological polar surface area (TPSA) is 42.0 Å². The van der Waals surface area contributed by atoms with E-state index in [-0.39, 0.29) is 5.78 Å². The molecule has 92 valence electrons. The Kier molecular flexibility index (Phi) is 3.07. The molecule has 0 aliphatic carbocycles. The number of nitrogens with zero attached hydrogens (tertiary/aromatic N) is 1. The number of pyridine rings is 1. The van der Waals surface area contributed by atoms with Crippen molar-refractivity contribution in [2.75, 3.05) is 13.1 Å². The van der Waals surface area contributed by atoms with Gasteiger partial charge in [0.1, 0.15) is 0 Å². The lowest BCUT2D eigenvalue weighted by Gasteiger charge is -2.09. The molecule has 1 aliphatic heterocycles. The van der Waals surface area contributed by atoms with Crippen LogP contribution >= 0.6 is 0 Å². The standard InChI is InChI=1S/C15H16N2O/c18-15(8-11-4-6-16-9-11)13-3-1-2-12-5-7-17-10-14(12)13/h1-3,5,7,10-11,16H,4,6,8-9H2. The summed E-state index contributed by atoms with van der Waals surface area (Å²) < 4.78 is 0. The van der Waals surface area contributed by atoms with Crippen molar-refractivity contribution >= 4 is 16.6 Å². The van der Waals surface area contributed by atoms with E-state index >= 15 is 0 Å². The van der Waals surface area contributed by atoms with Crippen molar-refractivity contribution in [2.24, 2.45) is 5.92 Å². The predicted molar refractivity (Wildman–Crippen MR) is 71.7 cm³/mol. The molecule has 1 aliphatic rings. The number of hydrogen-bond acceptors (Lipinski definition) is 3. The quantitative estimate of drug-likeness (QED) is 0.838. The van der Waals surface area contributed by atoms with Crippen LogP contribution in [0.25, 0.3) is 10.8 Å². The number of nitrogens with one attached hydrogen (secondary N) is 1. The molecule has 1 N–H and O–H groups in total. The van der Waals surface area contributed by atoms with Crippen LogP contribution in [-0.2, 0) is 0 Å². The van der Waals surface area contributed by atoms with Crippen molar-refractivity contribution in [1.82, 2.24) is 10.3 Å². The monoisotopic (exact) mass is 240 g/mol. The van der Waals surface area contributed by atoms with Gasteiger partial charge in [-0.1, -0.05) is 18.2 Å². The maximum Gasteiger partial charge on any atom is 0.163 e. The largest absolute Gasteiger partial charge is 0.316 e. The average molecular weight is 240 g/mol. The SMILES string of the molecule is O=C(CC1CCNC1)c1cccc2ccncc12. The van der Waals surface area contributed by atoms with Gasteiger partial charge in [0.05, 0.1) is 0 Å². The van der Waals surface area contributed by atoms with Crippen LogP contribution in [0.5, 0.6) is 0 Å². The zero-order chi connectivity index (χ0) is 12.4. The number of ketones is 1. The van der Waals surface area contributed by atoms with Crippen molar-refractivity contribution in [2.45, 2.75) is 12.8 Å². The third-order valence-corrected chi connectivity index (χ3v) is 3.62. The van der Waals surface area contributed by atoms with E-state index in [1.54, 1.807) is 12.4 Å². The summed E-state index contributed by atoms with van der Waals surface area (Å²) in [4.78, 5) is 16.5. The lowest BCUT2D eigenvalue weighted by atomic mass is 9.95. The van der Waals surface area contributed by atoms with Crippen LogP contribution in [0.1, 0.15) is 23.2 Å². The van der Waals surface area contributed by atoms with E-state index in [1.807, 2.05) is 24.3 Å². The molecule has 1 atom stereocenters. The first-order valence-electron chi connectivity index (χ1n) is 6.41. The minimum Gasteiger partial charge on any atom is -0.316 e. The molecule has 1 aromatic heterocycles. The van der Waals surface area contributed by atoms with Gasteiger partial charge in [0, 0.05) is 29.8 Å². The minimum atomic E-state index is 0.238. The van der Waals surface area contributed by atoms with Crippen LogP contribution in [0, 0.1) is 5.92 Å². The zero-order valence-electron chi connectivity index (χ0n) is 10.2. The second-order valence-electron chi connectivity index (χ2n) is 4.89. The Morgan fingerprint density at radius 2 is 2.33 bits per heavy atom. The minimum absolute atomic E-state index is 0.238. The molecule has 0 bridgehead atoms. The molecule has 1 fully saturated rings. The van der Waals surface area contributed by atoms with Gasteiger partial charge in [-0.15, -0.1) is 0 Å². The van der Waals surface area contributed by atoms with Crippen LogP contribution in [0.15, 0.2) is 36.7 Å². The summed E-state index contributed by atoms with van der Waals surface area (Å²) in [6, 6.07) is 7.82.